The summed E-state index contributed by atoms with van der Waals surface area (Å²) in [4.78, 5) is 23.1. The minimum atomic E-state index is -0.376. The molecule has 5 rings (SSSR count). The van der Waals surface area contributed by atoms with Crippen LogP contribution in [0.25, 0.3) is 32.7 Å². The molecule has 0 radical (unpaired) electrons. The number of pyridine rings is 1. The summed E-state index contributed by atoms with van der Waals surface area (Å²) in [5.41, 5.74) is 4.22. The summed E-state index contributed by atoms with van der Waals surface area (Å²) in [6, 6.07) is 18.3. The van der Waals surface area contributed by atoms with Crippen molar-refractivity contribution >= 4 is 32.7 Å². The number of benzene rings is 2. The van der Waals surface area contributed by atoms with Gasteiger partial charge in [0.2, 0.25) is 0 Å². The van der Waals surface area contributed by atoms with Crippen LogP contribution in [0.15, 0.2) is 67.0 Å². The van der Waals surface area contributed by atoms with Gasteiger partial charge in [-0.25, -0.2) is 9.97 Å². The standard InChI is InChI=1S/C26H18N6O3S/c1-34-22-6-4-3-5-16(22)18-13-28-29-14-19(18)24(33)32-26-31-21-10-9-20(30-25(21)36-26)17-8-7-15(12-27)11-23(17)35-2/h3-11,13-14H,1-2H3,(H,31,32,33). The number of hydrogen-bond acceptors (Lipinski definition) is 9. The fourth-order valence-electron chi connectivity index (χ4n) is 3.74. The Morgan fingerprint density at radius 3 is 2.53 bits per heavy atom. The van der Waals surface area contributed by atoms with Gasteiger partial charge in [0.05, 0.1) is 49.5 Å². The Hall–Kier alpha value is -4.88. The number of carbonyl (C=O) groups excluding carboxylic acids is 1. The number of methoxy groups -OCH3 is 2. The second kappa shape index (κ2) is 9.77. The van der Waals surface area contributed by atoms with Gasteiger partial charge in [0, 0.05) is 16.7 Å². The monoisotopic (exact) mass is 494 g/mol. The van der Waals surface area contributed by atoms with E-state index >= 15 is 0 Å². The van der Waals surface area contributed by atoms with Crippen LogP contribution in [0.5, 0.6) is 11.5 Å². The first-order valence-corrected chi connectivity index (χ1v) is 11.5. The van der Waals surface area contributed by atoms with E-state index in [4.69, 9.17) is 19.7 Å². The van der Waals surface area contributed by atoms with Crippen LogP contribution in [0.4, 0.5) is 5.13 Å². The van der Waals surface area contributed by atoms with E-state index in [1.807, 2.05) is 36.4 Å². The largest absolute Gasteiger partial charge is 0.496 e. The number of nitriles is 1. The molecule has 0 aliphatic rings. The van der Waals surface area contributed by atoms with Crippen LogP contribution in [-0.2, 0) is 0 Å². The highest BCUT2D eigenvalue weighted by Crippen LogP contribution is 2.34. The van der Waals surface area contributed by atoms with Crippen molar-refractivity contribution < 1.29 is 14.3 Å². The number of rotatable bonds is 6. The molecule has 0 unspecified atom stereocenters. The third kappa shape index (κ3) is 4.31. The number of fused-ring (bicyclic) bond motifs is 1. The molecule has 0 spiro atoms. The highest BCUT2D eigenvalue weighted by Gasteiger charge is 2.19. The Morgan fingerprint density at radius 2 is 1.72 bits per heavy atom. The van der Waals surface area contributed by atoms with Gasteiger partial charge in [0.1, 0.15) is 21.8 Å². The molecule has 0 fully saturated rings. The van der Waals surface area contributed by atoms with Crippen LogP contribution >= 0.6 is 11.3 Å². The van der Waals surface area contributed by atoms with Crippen LogP contribution in [0.3, 0.4) is 0 Å². The fraction of sp³-hybridized carbons (Fsp3) is 0.0769. The molecule has 1 N–H and O–H groups in total. The molecule has 10 heteroatoms. The van der Waals surface area contributed by atoms with Crippen molar-refractivity contribution in [3.8, 4) is 40.0 Å². The lowest BCUT2D eigenvalue weighted by molar-refractivity contribution is 0.102. The summed E-state index contributed by atoms with van der Waals surface area (Å²) >= 11 is 1.25. The van der Waals surface area contributed by atoms with E-state index in [0.717, 1.165) is 11.1 Å². The lowest BCUT2D eigenvalue weighted by Crippen LogP contribution is -2.14. The number of carbonyl (C=O) groups is 1. The minimum Gasteiger partial charge on any atom is -0.496 e. The lowest BCUT2D eigenvalue weighted by atomic mass is 10.0. The molecule has 0 saturated carbocycles. The van der Waals surface area contributed by atoms with Gasteiger partial charge >= 0.3 is 0 Å². The number of nitrogens with one attached hydrogen (secondary N) is 1. The second-order valence-electron chi connectivity index (χ2n) is 7.54. The molecule has 0 bridgehead atoms. The Kier molecular flexibility index (Phi) is 6.21. The van der Waals surface area contributed by atoms with Crippen molar-refractivity contribution in [2.45, 2.75) is 0 Å². The summed E-state index contributed by atoms with van der Waals surface area (Å²) in [6.07, 6.45) is 2.95. The van der Waals surface area contributed by atoms with Crippen molar-refractivity contribution in [3.63, 3.8) is 0 Å². The quantitative estimate of drug-likeness (QED) is 0.351. The molecule has 1 amide bonds. The molecular formula is C26H18N6O3S. The van der Waals surface area contributed by atoms with Crippen molar-refractivity contribution in [3.05, 3.63) is 78.1 Å². The normalized spacial score (nSPS) is 10.6. The van der Waals surface area contributed by atoms with Crippen LogP contribution in [0.1, 0.15) is 15.9 Å². The van der Waals surface area contributed by atoms with Crippen molar-refractivity contribution in [2.75, 3.05) is 19.5 Å². The fourth-order valence-corrected chi connectivity index (χ4v) is 4.57. The number of nitrogens with zero attached hydrogens (tertiary/aromatic N) is 5. The molecule has 176 valence electrons. The van der Waals surface area contributed by atoms with Crippen LogP contribution in [0, 0.1) is 11.3 Å². The van der Waals surface area contributed by atoms with E-state index in [2.05, 4.69) is 26.6 Å². The van der Waals surface area contributed by atoms with Gasteiger partial charge in [0.15, 0.2) is 5.13 Å². The van der Waals surface area contributed by atoms with Crippen LogP contribution in [-0.4, -0.2) is 40.3 Å². The lowest BCUT2D eigenvalue weighted by Gasteiger charge is -2.11. The topological polar surface area (TPSA) is 123 Å². The molecule has 5 aromatic rings. The summed E-state index contributed by atoms with van der Waals surface area (Å²) in [6.45, 7) is 0. The van der Waals surface area contributed by atoms with E-state index in [0.29, 0.717) is 49.4 Å². The molecular weight excluding hydrogens is 476 g/mol. The van der Waals surface area contributed by atoms with Gasteiger partial charge in [-0.3, -0.25) is 10.1 Å². The maximum Gasteiger partial charge on any atom is 0.259 e. The van der Waals surface area contributed by atoms with Gasteiger partial charge in [-0.05, 0) is 36.4 Å². The van der Waals surface area contributed by atoms with E-state index in [-0.39, 0.29) is 5.91 Å². The number of aromatic nitrogens is 4. The van der Waals surface area contributed by atoms with Crippen LogP contribution < -0.4 is 14.8 Å². The molecule has 0 aliphatic heterocycles. The zero-order valence-electron chi connectivity index (χ0n) is 19.2. The molecule has 3 aromatic heterocycles. The zero-order chi connectivity index (χ0) is 25.1. The zero-order valence-corrected chi connectivity index (χ0v) is 20.0. The molecule has 0 saturated heterocycles. The number of hydrogen-bond donors (Lipinski definition) is 1. The number of anilines is 1. The third-order valence-corrected chi connectivity index (χ3v) is 6.34. The molecule has 3 heterocycles. The molecule has 0 aliphatic carbocycles. The summed E-state index contributed by atoms with van der Waals surface area (Å²) in [5, 5.41) is 20.2. The Balaban J connectivity index is 1.46. The first-order valence-electron chi connectivity index (χ1n) is 10.7. The highest BCUT2D eigenvalue weighted by molar-refractivity contribution is 7.22. The Labute approximate surface area is 210 Å². The predicted molar refractivity (Wildman–Crippen MR) is 136 cm³/mol. The Morgan fingerprint density at radius 1 is 0.917 bits per heavy atom. The van der Waals surface area contributed by atoms with E-state index in [1.54, 1.807) is 32.4 Å². The van der Waals surface area contributed by atoms with Crippen molar-refractivity contribution in [1.29, 1.82) is 5.26 Å². The number of amides is 1. The minimum absolute atomic E-state index is 0.338. The number of thiazole rings is 1. The number of para-hydroxylation sites is 1. The molecule has 2 aromatic carbocycles. The van der Waals surface area contributed by atoms with Gasteiger partial charge in [-0.1, -0.05) is 29.5 Å². The first kappa shape index (κ1) is 22.9. The summed E-state index contributed by atoms with van der Waals surface area (Å²) in [5.74, 6) is 0.793. The maximum absolute atomic E-state index is 13.2. The first-order chi connectivity index (χ1) is 17.6. The summed E-state index contributed by atoms with van der Waals surface area (Å²) in [7, 11) is 3.12. The van der Waals surface area contributed by atoms with Gasteiger partial charge in [-0.2, -0.15) is 15.5 Å². The van der Waals surface area contributed by atoms with Gasteiger partial charge in [0.25, 0.3) is 5.91 Å². The average Bonchev–Trinajstić information content (AvgIpc) is 3.34. The van der Waals surface area contributed by atoms with Gasteiger partial charge in [-0.15, -0.1) is 0 Å². The molecule has 36 heavy (non-hydrogen) atoms. The number of ether oxygens (including phenoxy) is 2. The van der Waals surface area contributed by atoms with E-state index in [9.17, 15) is 4.79 Å². The Bertz CT molecular complexity index is 1640. The van der Waals surface area contributed by atoms with E-state index < -0.39 is 0 Å². The van der Waals surface area contributed by atoms with Crippen molar-refractivity contribution in [2.24, 2.45) is 0 Å². The maximum atomic E-state index is 13.2. The summed E-state index contributed by atoms with van der Waals surface area (Å²) < 4.78 is 10.9. The predicted octanol–water partition coefficient (Wildman–Crippen LogP) is 4.96. The second-order valence-corrected chi connectivity index (χ2v) is 8.52. The highest BCUT2D eigenvalue weighted by atomic mass is 32.1. The smallest absolute Gasteiger partial charge is 0.259 e. The van der Waals surface area contributed by atoms with Gasteiger partial charge < -0.3 is 9.47 Å². The molecule has 0 atom stereocenters. The third-order valence-electron chi connectivity index (χ3n) is 5.45. The van der Waals surface area contributed by atoms with Crippen molar-refractivity contribution in [1.82, 2.24) is 20.2 Å². The molecule has 9 nitrogen and oxygen atoms in total. The average molecular weight is 495 g/mol. The SMILES string of the molecule is COc1cc(C#N)ccc1-c1ccc2nc(NC(=O)c3cnncc3-c3ccccc3OC)sc2n1. The van der Waals surface area contributed by atoms with E-state index in [1.165, 1.54) is 23.7 Å². The van der Waals surface area contributed by atoms with Crippen LogP contribution in [0.2, 0.25) is 0 Å².